The van der Waals surface area contributed by atoms with Crippen LogP contribution in [0.3, 0.4) is 0 Å². The Morgan fingerprint density at radius 2 is 1.06 bits per heavy atom. The number of pyridine rings is 3. The molecule has 0 saturated carbocycles. The normalized spacial score (nSPS) is 11.2. The molecule has 51 heavy (non-hydrogen) atoms. The van der Waals surface area contributed by atoms with E-state index in [1.54, 1.807) is 0 Å². The van der Waals surface area contributed by atoms with E-state index < -0.39 is 0 Å². The number of benzene rings is 3. The molecule has 6 aromatic rings. The summed E-state index contributed by atoms with van der Waals surface area (Å²) >= 11 is 0. The highest BCUT2D eigenvalue weighted by molar-refractivity contribution is 5.81. The molecule has 3 heterocycles. The molecule has 0 aliphatic rings. The Balaban J connectivity index is 0.000000172. The summed E-state index contributed by atoms with van der Waals surface area (Å²) in [6.45, 7) is 15.0. The van der Waals surface area contributed by atoms with Gasteiger partial charge in [0.05, 0.1) is 29.8 Å². The van der Waals surface area contributed by atoms with E-state index in [2.05, 4.69) is 105 Å². The number of allylic oxidation sites excluding steroid dienone is 1. The van der Waals surface area contributed by atoms with Crippen LogP contribution in [-0.2, 0) is 0 Å². The van der Waals surface area contributed by atoms with Crippen LogP contribution in [0.15, 0.2) is 116 Å². The van der Waals surface area contributed by atoms with E-state index in [0.717, 1.165) is 83.1 Å². The first-order chi connectivity index (χ1) is 24.8. The molecule has 0 N–H and O–H groups in total. The van der Waals surface area contributed by atoms with Gasteiger partial charge in [-0.1, -0.05) is 90.4 Å². The highest BCUT2D eigenvalue weighted by Gasteiger charge is 2.01. The summed E-state index contributed by atoms with van der Waals surface area (Å²) in [4.78, 5) is 13.0. The SMILES string of the molecule is CC(C)C/C=C/c1cnc2ccccc2c1.CC(C)CCCCOc1ccc2ncccc2c1.CC(C)CCCOc1ccc2ncccc2c1. The van der Waals surface area contributed by atoms with Gasteiger partial charge in [0.25, 0.3) is 0 Å². The van der Waals surface area contributed by atoms with Crippen LogP contribution in [0.25, 0.3) is 38.8 Å². The van der Waals surface area contributed by atoms with Crippen molar-refractivity contribution in [2.75, 3.05) is 13.2 Å². The van der Waals surface area contributed by atoms with Crippen molar-refractivity contribution in [3.05, 3.63) is 121 Å². The second-order valence-corrected chi connectivity index (χ2v) is 14.3. The fraction of sp³-hybridized carbons (Fsp3) is 0.370. The third kappa shape index (κ3) is 14.5. The van der Waals surface area contributed by atoms with Gasteiger partial charge >= 0.3 is 0 Å². The van der Waals surface area contributed by atoms with E-state index in [-0.39, 0.29) is 0 Å². The van der Waals surface area contributed by atoms with Gasteiger partial charge in [-0.2, -0.15) is 0 Å². The average Bonchev–Trinajstić information content (AvgIpc) is 3.13. The molecule has 5 nitrogen and oxygen atoms in total. The van der Waals surface area contributed by atoms with Gasteiger partial charge in [0.1, 0.15) is 11.5 Å². The van der Waals surface area contributed by atoms with Gasteiger partial charge in [0, 0.05) is 34.7 Å². The van der Waals surface area contributed by atoms with Crippen molar-refractivity contribution in [1.29, 1.82) is 0 Å². The van der Waals surface area contributed by atoms with Crippen molar-refractivity contribution >= 4 is 38.8 Å². The largest absolute Gasteiger partial charge is 0.494 e. The summed E-state index contributed by atoms with van der Waals surface area (Å²) in [5.74, 6) is 4.13. The summed E-state index contributed by atoms with van der Waals surface area (Å²) in [6, 6.07) is 30.5. The maximum absolute atomic E-state index is 5.77. The molecule has 0 spiro atoms. The molecule has 268 valence electrons. The summed E-state index contributed by atoms with van der Waals surface area (Å²) in [5.41, 5.74) is 4.27. The number of ether oxygens (including phenoxy) is 2. The quantitative estimate of drug-likeness (QED) is 0.107. The first-order valence-electron chi connectivity index (χ1n) is 18.7. The van der Waals surface area contributed by atoms with Crippen LogP contribution >= 0.6 is 0 Å². The highest BCUT2D eigenvalue weighted by atomic mass is 16.5. The third-order valence-electron chi connectivity index (χ3n) is 8.32. The molecule has 0 saturated heterocycles. The molecule has 0 aliphatic heterocycles. The monoisotopic (exact) mass is 683 g/mol. The van der Waals surface area contributed by atoms with Gasteiger partial charge in [-0.15, -0.1) is 0 Å². The summed E-state index contributed by atoms with van der Waals surface area (Å²) in [6.07, 6.45) is 17.0. The topological polar surface area (TPSA) is 57.1 Å². The zero-order valence-electron chi connectivity index (χ0n) is 31.6. The van der Waals surface area contributed by atoms with Crippen molar-refractivity contribution in [2.45, 2.75) is 80.1 Å². The molecule has 0 fully saturated rings. The molecule has 0 radical (unpaired) electrons. The van der Waals surface area contributed by atoms with E-state index >= 15 is 0 Å². The van der Waals surface area contributed by atoms with Crippen LogP contribution in [0.2, 0.25) is 0 Å². The first-order valence-corrected chi connectivity index (χ1v) is 18.7. The van der Waals surface area contributed by atoms with Crippen LogP contribution in [0, 0.1) is 17.8 Å². The molecular weight excluding hydrogens is 627 g/mol. The molecule has 0 atom stereocenters. The summed E-state index contributed by atoms with van der Waals surface area (Å²) in [5, 5.41) is 3.47. The number of unbranched alkanes of at least 4 members (excludes halogenated alkanes) is 1. The Morgan fingerprint density at radius 1 is 0.529 bits per heavy atom. The number of aromatic nitrogens is 3. The lowest BCUT2D eigenvalue weighted by Gasteiger charge is -2.08. The third-order valence-corrected chi connectivity index (χ3v) is 8.32. The van der Waals surface area contributed by atoms with Gasteiger partial charge in [0.2, 0.25) is 0 Å². The Labute approximate surface area is 306 Å². The van der Waals surface area contributed by atoms with Crippen LogP contribution in [0.5, 0.6) is 11.5 Å². The van der Waals surface area contributed by atoms with Crippen molar-refractivity contribution in [3.8, 4) is 11.5 Å². The summed E-state index contributed by atoms with van der Waals surface area (Å²) < 4.78 is 11.5. The standard InChI is InChI=1S/C16H21NO.C15H19NO.C15H17N/c1-13(2)6-3-4-11-18-15-8-9-16-14(12-15)7-5-10-17-16;1-12(2)5-4-10-17-14-7-8-15-13(11-14)6-3-9-16-15;1-12(2)6-5-7-13-10-14-8-3-4-9-15(14)16-11-13/h5,7-10,12-13H,3-4,6,11H2,1-2H3;3,6-9,11-12H,4-5,10H2,1-2H3;3-5,7-12H,6H2,1-2H3/b;;7-5+. The Morgan fingerprint density at radius 3 is 1.67 bits per heavy atom. The van der Waals surface area contributed by atoms with E-state index in [0.29, 0.717) is 5.92 Å². The van der Waals surface area contributed by atoms with Crippen molar-refractivity contribution in [2.24, 2.45) is 17.8 Å². The Bertz CT molecular complexity index is 1910. The maximum Gasteiger partial charge on any atom is 0.120 e. The molecule has 0 aliphatic carbocycles. The number of nitrogens with zero attached hydrogens (tertiary/aromatic N) is 3. The van der Waals surface area contributed by atoms with Gasteiger partial charge in [0.15, 0.2) is 0 Å². The smallest absolute Gasteiger partial charge is 0.120 e. The fourth-order valence-electron chi connectivity index (χ4n) is 5.47. The maximum atomic E-state index is 5.77. The Kier molecular flexibility index (Phi) is 16.4. The minimum Gasteiger partial charge on any atom is -0.494 e. The van der Waals surface area contributed by atoms with Crippen LogP contribution in [0.1, 0.15) is 85.6 Å². The predicted molar refractivity (Wildman–Crippen MR) is 217 cm³/mol. The molecule has 5 heteroatoms. The highest BCUT2D eigenvalue weighted by Crippen LogP contribution is 2.21. The second kappa shape index (κ2) is 21.4. The van der Waals surface area contributed by atoms with Crippen LogP contribution in [0.4, 0.5) is 0 Å². The second-order valence-electron chi connectivity index (χ2n) is 14.3. The van der Waals surface area contributed by atoms with Crippen molar-refractivity contribution in [1.82, 2.24) is 15.0 Å². The summed E-state index contributed by atoms with van der Waals surface area (Å²) in [7, 11) is 0. The predicted octanol–water partition coefficient (Wildman–Crippen LogP) is 12.8. The number of fused-ring (bicyclic) bond motifs is 3. The Hall–Kier alpha value is -4.77. The van der Waals surface area contributed by atoms with Crippen LogP contribution < -0.4 is 9.47 Å². The van der Waals surface area contributed by atoms with Crippen molar-refractivity contribution < 1.29 is 9.47 Å². The van der Waals surface area contributed by atoms with Crippen molar-refractivity contribution in [3.63, 3.8) is 0 Å². The number of para-hydroxylation sites is 1. The fourth-order valence-corrected chi connectivity index (χ4v) is 5.47. The lowest BCUT2D eigenvalue weighted by atomic mass is 10.1. The minimum absolute atomic E-state index is 0.713. The average molecular weight is 684 g/mol. The zero-order chi connectivity index (χ0) is 36.3. The van der Waals surface area contributed by atoms with Crippen LogP contribution in [-0.4, -0.2) is 28.2 Å². The van der Waals surface area contributed by atoms with Gasteiger partial charge in [-0.25, -0.2) is 0 Å². The molecule has 0 amide bonds. The zero-order valence-corrected chi connectivity index (χ0v) is 31.6. The number of rotatable bonds is 14. The van der Waals surface area contributed by atoms with E-state index in [4.69, 9.17) is 9.47 Å². The molecule has 3 aromatic carbocycles. The minimum atomic E-state index is 0.713. The molecule has 3 aromatic heterocycles. The first kappa shape index (κ1) is 39.0. The number of hydrogen-bond acceptors (Lipinski definition) is 5. The lowest BCUT2D eigenvalue weighted by Crippen LogP contribution is -1.99. The molecule has 0 bridgehead atoms. The van der Waals surface area contributed by atoms with Gasteiger partial charge in [-0.05, 0) is 116 Å². The molecule has 6 rings (SSSR count). The lowest BCUT2D eigenvalue weighted by molar-refractivity contribution is 0.298. The molecular formula is C46H57N3O2. The van der Waals surface area contributed by atoms with Gasteiger partial charge in [-0.3, -0.25) is 15.0 Å². The van der Waals surface area contributed by atoms with E-state index in [1.165, 1.54) is 30.2 Å². The molecule has 0 unspecified atom stereocenters. The van der Waals surface area contributed by atoms with E-state index in [1.807, 2.05) is 73.2 Å². The van der Waals surface area contributed by atoms with E-state index in [9.17, 15) is 0 Å². The van der Waals surface area contributed by atoms with Gasteiger partial charge < -0.3 is 9.47 Å². The number of hydrogen-bond donors (Lipinski definition) is 0.